The van der Waals surface area contributed by atoms with Crippen LogP contribution in [0.3, 0.4) is 0 Å². The van der Waals surface area contributed by atoms with Crippen molar-refractivity contribution >= 4 is 17.5 Å². The van der Waals surface area contributed by atoms with Crippen LogP contribution in [0, 0.1) is 0 Å². The Morgan fingerprint density at radius 3 is 2.76 bits per heavy atom. The molecule has 21 heavy (non-hydrogen) atoms. The van der Waals surface area contributed by atoms with Crippen molar-refractivity contribution in [3.8, 4) is 5.75 Å². The number of fused-ring (bicyclic) bond motifs is 1. The second-order valence-electron chi connectivity index (χ2n) is 5.10. The minimum absolute atomic E-state index is 0.0130. The lowest BCUT2D eigenvalue weighted by atomic mass is 10.00. The summed E-state index contributed by atoms with van der Waals surface area (Å²) in [6.45, 7) is 0.628. The molecule has 0 fully saturated rings. The zero-order valence-electron chi connectivity index (χ0n) is 11.5. The van der Waals surface area contributed by atoms with Gasteiger partial charge < -0.3 is 10.1 Å². The van der Waals surface area contributed by atoms with Crippen LogP contribution < -0.4 is 10.1 Å². The monoisotopic (exact) mass is 301 g/mol. The Bertz CT molecular complexity index is 639. The first-order valence-electron chi connectivity index (χ1n) is 6.98. The maximum Gasteiger partial charge on any atom is 0.224 e. The zero-order chi connectivity index (χ0) is 14.7. The molecule has 1 N–H and O–H groups in total. The summed E-state index contributed by atoms with van der Waals surface area (Å²) in [5.41, 5.74) is 2.01. The largest absolute Gasteiger partial charge is 0.493 e. The Morgan fingerprint density at radius 1 is 1.19 bits per heavy atom. The van der Waals surface area contributed by atoms with Gasteiger partial charge in [-0.1, -0.05) is 41.9 Å². The average Bonchev–Trinajstić information content (AvgIpc) is 2.50. The van der Waals surface area contributed by atoms with Gasteiger partial charge in [0.25, 0.3) is 0 Å². The number of amides is 1. The van der Waals surface area contributed by atoms with E-state index in [2.05, 4.69) is 5.32 Å². The van der Waals surface area contributed by atoms with Crippen LogP contribution in [0.4, 0.5) is 0 Å². The van der Waals surface area contributed by atoms with Gasteiger partial charge in [0.05, 0.1) is 19.1 Å². The molecule has 0 radical (unpaired) electrons. The summed E-state index contributed by atoms with van der Waals surface area (Å²) in [6, 6.07) is 15.2. The second kappa shape index (κ2) is 6.19. The summed E-state index contributed by atoms with van der Waals surface area (Å²) < 4.78 is 5.60. The quantitative estimate of drug-likeness (QED) is 0.942. The fraction of sp³-hybridized carbons (Fsp3) is 0.235. The van der Waals surface area contributed by atoms with Crippen LogP contribution in [0.15, 0.2) is 48.5 Å². The highest BCUT2D eigenvalue weighted by molar-refractivity contribution is 6.30. The van der Waals surface area contributed by atoms with E-state index in [0.717, 1.165) is 23.3 Å². The molecule has 0 saturated heterocycles. The summed E-state index contributed by atoms with van der Waals surface area (Å²) in [6.07, 6.45) is 1.15. The molecular weight excluding hydrogens is 286 g/mol. The lowest BCUT2D eigenvalue weighted by molar-refractivity contribution is -0.121. The molecule has 108 valence electrons. The van der Waals surface area contributed by atoms with Crippen LogP contribution in [0.5, 0.6) is 5.75 Å². The highest BCUT2D eigenvalue weighted by Gasteiger charge is 2.22. The topological polar surface area (TPSA) is 38.3 Å². The van der Waals surface area contributed by atoms with Gasteiger partial charge in [0.1, 0.15) is 5.75 Å². The van der Waals surface area contributed by atoms with Crippen molar-refractivity contribution < 1.29 is 9.53 Å². The van der Waals surface area contributed by atoms with Crippen molar-refractivity contribution in [3.05, 3.63) is 64.7 Å². The fourth-order valence-corrected chi connectivity index (χ4v) is 2.65. The fourth-order valence-electron chi connectivity index (χ4n) is 2.53. The van der Waals surface area contributed by atoms with Crippen LogP contribution in [0.1, 0.15) is 23.6 Å². The van der Waals surface area contributed by atoms with Crippen molar-refractivity contribution in [2.75, 3.05) is 6.61 Å². The van der Waals surface area contributed by atoms with Crippen molar-refractivity contribution in [2.24, 2.45) is 0 Å². The molecule has 1 heterocycles. The number of carbonyl (C=O) groups is 1. The van der Waals surface area contributed by atoms with Gasteiger partial charge in [0.2, 0.25) is 5.91 Å². The Balaban J connectivity index is 1.67. The Morgan fingerprint density at radius 2 is 1.95 bits per heavy atom. The zero-order valence-corrected chi connectivity index (χ0v) is 12.3. The molecule has 0 bridgehead atoms. The molecule has 1 amide bonds. The van der Waals surface area contributed by atoms with E-state index in [9.17, 15) is 4.79 Å². The Labute approximate surface area is 128 Å². The smallest absolute Gasteiger partial charge is 0.224 e. The van der Waals surface area contributed by atoms with E-state index >= 15 is 0 Å². The van der Waals surface area contributed by atoms with E-state index in [1.807, 2.05) is 36.4 Å². The number of halogens is 1. The van der Waals surface area contributed by atoms with Gasteiger partial charge in [0, 0.05) is 17.0 Å². The van der Waals surface area contributed by atoms with Crippen LogP contribution in [0.25, 0.3) is 0 Å². The molecule has 0 saturated carbocycles. The molecule has 0 spiro atoms. The second-order valence-corrected chi connectivity index (χ2v) is 5.53. The molecule has 3 nitrogen and oxygen atoms in total. The first kappa shape index (κ1) is 14.0. The molecule has 4 heteroatoms. The summed E-state index contributed by atoms with van der Waals surface area (Å²) in [5.74, 6) is 0.875. The predicted octanol–water partition coefficient (Wildman–Crippen LogP) is 3.52. The number of carbonyl (C=O) groups excluding carboxylic acids is 1. The summed E-state index contributed by atoms with van der Waals surface area (Å²) in [4.78, 5) is 12.2. The lowest BCUT2D eigenvalue weighted by Gasteiger charge is -2.26. The van der Waals surface area contributed by atoms with Crippen molar-refractivity contribution in [2.45, 2.75) is 18.9 Å². The van der Waals surface area contributed by atoms with Crippen molar-refractivity contribution in [1.29, 1.82) is 0 Å². The summed E-state index contributed by atoms with van der Waals surface area (Å²) >= 11 is 5.85. The number of para-hydroxylation sites is 1. The van der Waals surface area contributed by atoms with Crippen LogP contribution >= 0.6 is 11.6 Å². The molecule has 0 aliphatic carbocycles. The van der Waals surface area contributed by atoms with Gasteiger partial charge in [-0.15, -0.1) is 0 Å². The van der Waals surface area contributed by atoms with Crippen molar-refractivity contribution in [3.63, 3.8) is 0 Å². The average molecular weight is 302 g/mol. The third kappa shape index (κ3) is 3.37. The van der Waals surface area contributed by atoms with E-state index in [1.54, 1.807) is 12.1 Å². The lowest BCUT2D eigenvalue weighted by Crippen LogP contribution is -2.33. The minimum Gasteiger partial charge on any atom is -0.493 e. The standard InChI is InChI=1S/C17H16ClNO2/c18-13-7-5-12(6-8-13)11-17(20)19-15-9-10-21-16-4-2-1-3-14(15)16/h1-8,15H,9-11H2,(H,19,20)/t15-/m1/s1. The first-order valence-corrected chi connectivity index (χ1v) is 7.36. The highest BCUT2D eigenvalue weighted by Crippen LogP contribution is 2.31. The number of nitrogens with one attached hydrogen (secondary N) is 1. The minimum atomic E-state index is 0.0130. The maximum atomic E-state index is 12.2. The van der Waals surface area contributed by atoms with Gasteiger partial charge in [0.15, 0.2) is 0 Å². The van der Waals surface area contributed by atoms with E-state index < -0.39 is 0 Å². The molecule has 1 aliphatic rings. The Kier molecular flexibility index (Phi) is 4.11. The van der Waals surface area contributed by atoms with Crippen LogP contribution in [-0.4, -0.2) is 12.5 Å². The van der Waals surface area contributed by atoms with E-state index in [0.29, 0.717) is 18.1 Å². The van der Waals surface area contributed by atoms with Crippen LogP contribution in [0.2, 0.25) is 5.02 Å². The molecule has 2 aromatic carbocycles. The third-order valence-corrected chi connectivity index (χ3v) is 3.82. The molecule has 3 rings (SSSR count). The van der Waals surface area contributed by atoms with Gasteiger partial charge in [-0.25, -0.2) is 0 Å². The number of benzene rings is 2. The van der Waals surface area contributed by atoms with Gasteiger partial charge >= 0.3 is 0 Å². The molecule has 0 aromatic heterocycles. The van der Waals surface area contributed by atoms with E-state index in [4.69, 9.17) is 16.3 Å². The number of rotatable bonds is 3. The van der Waals surface area contributed by atoms with Crippen LogP contribution in [-0.2, 0) is 11.2 Å². The SMILES string of the molecule is O=C(Cc1ccc(Cl)cc1)N[C@@H]1CCOc2ccccc21. The maximum absolute atomic E-state index is 12.2. The molecule has 1 aliphatic heterocycles. The van der Waals surface area contributed by atoms with Crippen molar-refractivity contribution in [1.82, 2.24) is 5.32 Å². The van der Waals surface area contributed by atoms with E-state index in [-0.39, 0.29) is 11.9 Å². The normalized spacial score (nSPS) is 16.7. The Hall–Kier alpha value is -2.00. The van der Waals surface area contributed by atoms with Gasteiger partial charge in [-0.05, 0) is 23.8 Å². The van der Waals surface area contributed by atoms with Gasteiger partial charge in [-0.2, -0.15) is 0 Å². The summed E-state index contributed by atoms with van der Waals surface area (Å²) in [5, 5.41) is 3.76. The highest BCUT2D eigenvalue weighted by atomic mass is 35.5. The predicted molar refractivity (Wildman–Crippen MR) is 82.6 cm³/mol. The molecule has 1 atom stereocenters. The number of ether oxygens (including phenoxy) is 1. The first-order chi connectivity index (χ1) is 10.2. The summed E-state index contributed by atoms with van der Waals surface area (Å²) in [7, 11) is 0. The molecular formula is C17H16ClNO2. The number of hydrogen-bond acceptors (Lipinski definition) is 2. The van der Waals surface area contributed by atoms with Gasteiger partial charge in [-0.3, -0.25) is 4.79 Å². The molecule has 0 unspecified atom stereocenters. The number of hydrogen-bond donors (Lipinski definition) is 1. The molecule has 2 aromatic rings. The third-order valence-electron chi connectivity index (χ3n) is 3.57. The van der Waals surface area contributed by atoms with E-state index in [1.165, 1.54) is 0 Å².